The number of thiophene rings is 1. The van der Waals surface area contributed by atoms with Crippen LogP contribution in [0.3, 0.4) is 0 Å². The van der Waals surface area contributed by atoms with Crippen LogP contribution in [-0.4, -0.2) is 21.0 Å². The van der Waals surface area contributed by atoms with Crippen molar-refractivity contribution in [1.29, 1.82) is 0 Å². The summed E-state index contributed by atoms with van der Waals surface area (Å²) in [5.74, 6) is 0. The van der Waals surface area contributed by atoms with Gasteiger partial charge in [0.1, 0.15) is 4.21 Å². The van der Waals surface area contributed by atoms with Gasteiger partial charge < -0.3 is 0 Å². The number of hydrogen-bond acceptors (Lipinski definition) is 4. The van der Waals surface area contributed by atoms with E-state index in [-0.39, 0.29) is 4.21 Å². The second kappa shape index (κ2) is 2.75. The van der Waals surface area contributed by atoms with Crippen molar-refractivity contribution in [3.63, 3.8) is 0 Å². The van der Waals surface area contributed by atoms with Crippen LogP contribution in [-0.2, 0) is 9.84 Å². The smallest absolute Gasteiger partial charge is 0.184 e. The van der Waals surface area contributed by atoms with E-state index < -0.39 is 9.84 Å². The molecule has 0 aliphatic carbocycles. The Morgan fingerprint density at radius 2 is 2.09 bits per heavy atom. The van der Waals surface area contributed by atoms with Crippen molar-refractivity contribution in [2.75, 3.05) is 6.26 Å². The molecule has 0 saturated heterocycles. The Labute approximate surface area is 68.6 Å². The largest absolute Gasteiger partial charge is 0.297 e. The van der Waals surface area contributed by atoms with Crippen molar-refractivity contribution in [1.82, 2.24) is 0 Å². The maximum atomic E-state index is 10.9. The third-order valence-corrected chi connectivity index (χ3v) is 3.91. The number of carbonyl (C=O) groups excluding carboxylic acids is 1. The summed E-state index contributed by atoms with van der Waals surface area (Å²) >= 11 is 0.984. The van der Waals surface area contributed by atoms with Gasteiger partial charge in [0.15, 0.2) is 16.1 Å². The molecule has 60 valence electrons. The Balaban J connectivity index is 3.18. The molecule has 0 fully saturated rings. The molecule has 0 bridgehead atoms. The molecule has 0 atom stereocenters. The minimum atomic E-state index is -3.13. The van der Waals surface area contributed by atoms with Crippen LogP contribution >= 0.6 is 11.3 Å². The van der Waals surface area contributed by atoms with Gasteiger partial charge in [-0.2, -0.15) is 0 Å². The molecule has 1 rings (SSSR count). The molecule has 5 heteroatoms. The third kappa shape index (κ3) is 1.87. The fraction of sp³-hybridized carbons (Fsp3) is 0.167. The standard InChI is InChI=1S/C6H6O3S2/c1-11(8,9)6-3-2-5(4-7)10-6/h2-4H,1H3. The monoisotopic (exact) mass is 190 g/mol. The minimum absolute atomic E-state index is 0.236. The first-order valence-electron chi connectivity index (χ1n) is 2.79. The van der Waals surface area contributed by atoms with E-state index in [1.807, 2.05) is 0 Å². The molecule has 1 heterocycles. The first-order valence-corrected chi connectivity index (χ1v) is 5.50. The average Bonchev–Trinajstić information content (AvgIpc) is 2.32. The lowest BCUT2D eigenvalue weighted by Gasteiger charge is -1.87. The molecular weight excluding hydrogens is 184 g/mol. The molecule has 0 amide bonds. The van der Waals surface area contributed by atoms with Crippen molar-refractivity contribution >= 4 is 27.5 Å². The van der Waals surface area contributed by atoms with Gasteiger partial charge in [0, 0.05) is 6.26 Å². The molecule has 0 aliphatic heterocycles. The number of carbonyl (C=O) groups is 1. The van der Waals surface area contributed by atoms with E-state index in [0.717, 1.165) is 17.6 Å². The summed E-state index contributed by atoms with van der Waals surface area (Å²) in [4.78, 5) is 10.6. The summed E-state index contributed by atoms with van der Waals surface area (Å²) < 4.78 is 21.9. The van der Waals surface area contributed by atoms with Crippen LogP contribution in [0.4, 0.5) is 0 Å². The SMILES string of the molecule is CS(=O)(=O)c1ccc(C=O)s1. The van der Waals surface area contributed by atoms with E-state index in [0.29, 0.717) is 11.2 Å². The molecular formula is C6H6O3S2. The second-order valence-electron chi connectivity index (χ2n) is 2.05. The van der Waals surface area contributed by atoms with Crippen molar-refractivity contribution in [2.24, 2.45) is 0 Å². The van der Waals surface area contributed by atoms with Crippen LogP contribution in [0, 0.1) is 0 Å². The molecule has 0 aliphatic rings. The summed E-state index contributed by atoms with van der Waals surface area (Å²) in [7, 11) is -3.13. The molecule has 3 nitrogen and oxygen atoms in total. The lowest BCUT2D eigenvalue weighted by molar-refractivity contribution is 0.112. The fourth-order valence-electron chi connectivity index (χ4n) is 0.597. The Morgan fingerprint density at radius 1 is 1.45 bits per heavy atom. The quantitative estimate of drug-likeness (QED) is 0.653. The van der Waals surface area contributed by atoms with Crippen LogP contribution < -0.4 is 0 Å². The number of hydrogen-bond donors (Lipinski definition) is 0. The van der Waals surface area contributed by atoms with Gasteiger partial charge in [0.05, 0.1) is 4.88 Å². The number of sulfone groups is 1. The van der Waals surface area contributed by atoms with Gasteiger partial charge in [-0.3, -0.25) is 4.79 Å². The van der Waals surface area contributed by atoms with Gasteiger partial charge in [-0.05, 0) is 12.1 Å². The summed E-state index contributed by atoms with van der Waals surface area (Å²) in [6, 6.07) is 2.93. The number of rotatable bonds is 2. The lowest BCUT2D eigenvalue weighted by Crippen LogP contribution is -1.91. The Kier molecular flexibility index (Phi) is 2.10. The van der Waals surface area contributed by atoms with E-state index in [9.17, 15) is 13.2 Å². The number of aldehydes is 1. The predicted octanol–water partition coefficient (Wildman–Crippen LogP) is 0.964. The van der Waals surface area contributed by atoms with E-state index in [1.165, 1.54) is 12.1 Å². The highest BCUT2D eigenvalue weighted by Crippen LogP contribution is 2.19. The molecule has 11 heavy (non-hydrogen) atoms. The summed E-state index contributed by atoms with van der Waals surface area (Å²) in [5.41, 5.74) is 0. The summed E-state index contributed by atoms with van der Waals surface area (Å²) in [6.07, 6.45) is 1.76. The van der Waals surface area contributed by atoms with Crippen molar-refractivity contribution in [2.45, 2.75) is 4.21 Å². The maximum Gasteiger partial charge on any atom is 0.184 e. The van der Waals surface area contributed by atoms with Crippen LogP contribution in [0.2, 0.25) is 0 Å². The Morgan fingerprint density at radius 3 is 2.36 bits per heavy atom. The van der Waals surface area contributed by atoms with Crippen LogP contribution in [0.1, 0.15) is 9.67 Å². The lowest BCUT2D eigenvalue weighted by atomic mass is 10.5. The molecule has 0 aromatic carbocycles. The second-order valence-corrected chi connectivity index (χ2v) is 5.40. The topological polar surface area (TPSA) is 51.2 Å². The highest BCUT2D eigenvalue weighted by Gasteiger charge is 2.09. The van der Waals surface area contributed by atoms with Crippen molar-refractivity contribution < 1.29 is 13.2 Å². The van der Waals surface area contributed by atoms with Crippen LogP contribution in [0.25, 0.3) is 0 Å². The van der Waals surface area contributed by atoms with Crippen molar-refractivity contribution in [3.05, 3.63) is 17.0 Å². The zero-order valence-corrected chi connectivity index (χ0v) is 7.41. The molecule has 0 N–H and O–H groups in total. The average molecular weight is 190 g/mol. The molecule has 1 aromatic heterocycles. The molecule has 0 unspecified atom stereocenters. The van der Waals surface area contributed by atoms with Gasteiger partial charge in [0.2, 0.25) is 0 Å². The fourth-order valence-corrected chi connectivity index (χ4v) is 2.36. The van der Waals surface area contributed by atoms with Crippen LogP contribution in [0.5, 0.6) is 0 Å². The zero-order chi connectivity index (χ0) is 8.48. The van der Waals surface area contributed by atoms with Gasteiger partial charge in [-0.25, -0.2) is 8.42 Å². The van der Waals surface area contributed by atoms with E-state index >= 15 is 0 Å². The van der Waals surface area contributed by atoms with Gasteiger partial charge in [-0.15, -0.1) is 11.3 Å². The normalized spacial score (nSPS) is 11.4. The van der Waals surface area contributed by atoms with Crippen molar-refractivity contribution in [3.8, 4) is 0 Å². The first-order chi connectivity index (χ1) is 5.04. The molecule has 1 aromatic rings. The highest BCUT2D eigenvalue weighted by molar-refractivity contribution is 7.92. The Hall–Kier alpha value is -0.680. The van der Waals surface area contributed by atoms with Gasteiger partial charge in [0.25, 0.3) is 0 Å². The molecule has 0 radical (unpaired) electrons. The minimum Gasteiger partial charge on any atom is -0.297 e. The Bertz CT molecular complexity index is 361. The highest BCUT2D eigenvalue weighted by atomic mass is 32.2. The van der Waals surface area contributed by atoms with Crippen LogP contribution in [0.15, 0.2) is 16.3 Å². The summed E-state index contributed by atoms with van der Waals surface area (Å²) in [6.45, 7) is 0. The third-order valence-electron chi connectivity index (χ3n) is 1.08. The maximum absolute atomic E-state index is 10.9. The first kappa shape index (κ1) is 8.42. The predicted molar refractivity (Wildman–Crippen MR) is 42.8 cm³/mol. The molecule has 0 spiro atoms. The van der Waals surface area contributed by atoms with E-state index in [2.05, 4.69) is 0 Å². The molecule has 0 saturated carbocycles. The van der Waals surface area contributed by atoms with Gasteiger partial charge >= 0.3 is 0 Å². The van der Waals surface area contributed by atoms with E-state index in [1.54, 1.807) is 0 Å². The van der Waals surface area contributed by atoms with Gasteiger partial charge in [-0.1, -0.05) is 0 Å². The summed E-state index contributed by atoms with van der Waals surface area (Å²) in [5, 5.41) is 0. The van der Waals surface area contributed by atoms with E-state index in [4.69, 9.17) is 0 Å². The zero-order valence-electron chi connectivity index (χ0n) is 5.77.